The van der Waals surface area contributed by atoms with E-state index in [2.05, 4.69) is 9.47 Å². The fourth-order valence-corrected chi connectivity index (χ4v) is 5.30. The van der Waals surface area contributed by atoms with E-state index in [0.717, 1.165) is 0 Å². The zero-order valence-electron chi connectivity index (χ0n) is 20.5. The van der Waals surface area contributed by atoms with Crippen LogP contribution < -0.4 is 0 Å². The summed E-state index contributed by atoms with van der Waals surface area (Å²) in [6.45, 7) is 0.306. The van der Waals surface area contributed by atoms with Crippen molar-refractivity contribution in [3.8, 4) is 0 Å². The highest BCUT2D eigenvalue weighted by atomic mass is 32.2. The molecule has 0 heterocycles. The van der Waals surface area contributed by atoms with Crippen molar-refractivity contribution in [3.05, 3.63) is 0 Å². The minimum atomic E-state index is -5.90. The average Bonchev–Trinajstić information content (AvgIpc) is 3.28. The number of esters is 2. The Bertz CT molecular complexity index is 978. The molecule has 0 aromatic heterocycles. The summed E-state index contributed by atoms with van der Waals surface area (Å²) in [7, 11) is -5.73. The molecule has 2 fully saturated rings. The summed E-state index contributed by atoms with van der Waals surface area (Å²) in [5.41, 5.74) is -6.17. The van der Waals surface area contributed by atoms with E-state index in [9.17, 15) is 53.1 Å². The molecule has 0 aromatic carbocycles. The number of fused-ring (bicyclic) bond motifs is 2. The molecule has 0 amide bonds. The van der Waals surface area contributed by atoms with Crippen LogP contribution in [-0.2, 0) is 33.9 Å². The summed E-state index contributed by atoms with van der Waals surface area (Å²) in [6.07, 6.45) is -12.9. The van der Waals surface area contributed by atoms with Gasteiger partial charge in [-0.15, -0.1) is 0 Å². The number of ether oxygens (including phenoxy) is 3. The van der Waals surface area contributed by atoms with Crippen LogP contribution in [0.15, 0.2) is 0 Å². The molecule has 0 saturated heterocycles. The summed E-state index contributed by atoms with van der Waals surface area (Å²) in [6, 6.07) is 0. The van der Waals surface area contributed by atoms with Crippen LogP contribution in [0.4, 0.5) is 35.1 Å². The highest BCUT2D eigenvalue weighted by Gasteiger charge is 2.75. The minimum absolute atomic E-state index is 0.0424. The molecule has 0 aromatic rings. The van der Waals surface area contributed by atoms with Gasteiger partial charge in [-0.25, -0.2) is 0 Å². The molecular formula is C21H28F8O8S. The van der Waals surface area contributed by atoms with E-state index in [1.165, 1.54) is 13.8 Å². The molecule has 8 nitrogen and oxygen atoms in total. The van der Waals surface area contributed by atoms with Crippen LogP contribution in [0.2, 0.25) is 0 Å². The first-order valence-corrected chi connectivity index (χ1v) is 12.8. The molecule has 2 rings (SSSR count). The van der Waals surface area contributed by atoms with E-state index < -0.39 is 82.2 Å². The van der Waals surface area contributed by atoms with Crippen LogP contribution in [0.25, 0.3) is 0 Å². The molecule has 2 aliphatic rings. The lowest BCUT2D eigenvalue weighted by atomic mass is 9.76. The number of hydrogen-bond acceptors (Lipinski definition) is 7. The zero-order chi connectivity index (χ0) is 29.5. The first kappa shape index (κ1) is 32.5. The molecule has 38 heavy (non-hydrogen) atoms. The lowest BCUT2D eigenvalue weighted by molar-refractivity contribution is -0.374. The predicted molar refractivity (Wildman–Crippen MR) is 111 cm³/mol. The van der Waals surface area contributed by atoms with Crippen LogP contribution in [0.5, 0.6) is 0 Å². The zero-order valence-corrected chi connectivity index (χ0v) is 21.3. The van der Waals surface area contributed by atoms with E-state index in [1.54, 1.807) is 0 Å². The maximum atomic E-state index is 13.6. The maximum absolute atomic E-state index is 13.6. The number of alkyl halides is 8. The Balaban J connectivity index is 1.96. The Labute approximate surface area is 213 Å². The van der Waals surface area contributed by atoms with Gasteiger partial charge in [0, 0.05) is 13.3 Å². The Kier molecular flexibility index (Phi) is 9.12. The first-order chi connectivity index (χ1) is 16.9. The maximum Gasteiger partial charge on any atom is 0.437 e. The molecule has 0 aliphatic heterocycles. The number of carbonyl (C=O) groups excluding carboxylic acids is 2. The topological polar surface area (TPSA) is 116 Å². The van der Waals surface area contributed by atoms with Gasteiger partial charge in [-0.3, -0.25) is 14.1 Å². The quantitative estimate of drug-likeness (QED) is 0.211. The smallest absolute Gasteiger partial charge is 0.437 e. The van der Waals surface area contributed by atoms with Gasteiger partial charge in [0.25, 0.3) is 0 Å². The lowest BCUT2D eigenvalue weighted by Crippen LogP contribution is -2.60. The standard InChI is InChI=1S/C21H28F8O8S/c1-11(30)37-18(20(24,25)26,21(27,28)29)7-14-5-13-4-12(14)6-15(13)8-36-16(31)17(2,3)9-35-10-19(22,23)38(32,33)34/h12-15H,4-10H2,1-3H3,(H,32,33,34). The van der Waals surface area contributed by atoms with Gasteiger partial charge >= 0.3 is 45.3 Å². The Morgan fingerprint density at radius 3 is 1.79 bits per heavy atom. The highest BCUT2D eigenvalue weighted by Crippen LogP contribution is 2.58. The second-order valence-electron chi connectivity index (χ2n) is 10.5. The Morgan fingerprint density at radius 2 is 1.37 bits per heavy atom. The van der Waals surface area contributed by atoms with Crippen molar-refractivity contribution in [2.45, 2.75) is 69.7 Å². The van der Waals surface area contributed by atoms with Crippen molar-refractivity contribution in [1.82, 2.24) is 0 Å². The van der Waals surface area contributed by atoms with Gasteiger partial charge in [-0.2, -0.15) is 43.5 Å². The molecule has 2 saturated carbocycles. The molecule has 222 valence electrons. The van der Waals surface area contributed by atoms with Crippen molar-refractivity contribution >= 4 is 22.1 Å². The molecule has 2 aliphatic carbocycles. The highest BCUT2D eigenvalue weighted by molar-refractivity contribution is 7.86. The van der Waals surface area contributed by atoms with Gasteiger partial charge in [0.15, 0.2) is 0 Å². The van der Waals surface area contributed by atoms with E-state index in [-0.39, 0.29) is 37.7 Å². The van der Waals surface area contributed by atoms with E-state index in [1.807, 2.05) is 0 Å². The third-order valence-electron chi connectivity index (χ3n) is 7.02. The largest absolute Gasteiger partial charge is 0.465 e. The predicted octanol–water partition coefficient (Wildman–Crippen LogP) is 4.53. The van der Waals surface area contributed by atoms with E-state index in [4.69, 9.17) is 9.29 Å². The number of carbonyl (C=O) groups is 2. The van der Waals surface area contributed by atoms with Gasteiger partial charge < -0.3 is 14.2 Å². The van der Waals surface area contributed by atoms with Crippen molar-refractivity contribution in [3.63, 3.8) is 0 Å². The van der Waals surface area contributed by atoms with E-state index in [0.29, 0.717) is 6.92 Å². The Hall–Kier alpha value is -1.75. The SMILES string of the molecule is CC(=O)OC(CC1CC2CC1CC2COC(=O)C(C)(C)COCC(F)(F)S(=O)(=O)O)(C(F)(F)F)C(F)(F)F. The van der Waals surface area contributed by atoms with Crippen molar-refractivity contribution in [1.29, 1.82) is 0 Å². The Morgan fingerprint density at radius 1 is 0.868 bits per heavy atom. The second-order valence-corrected chi connectivity index (χ2v) is 12.0. The normalized spacial score (nSPS) is 24.9. The minimum Gasteiger partial charge on any atom is -0.465 e. The molecular weight excluding hydrogens is 564 g/mol. The number of rotatable bonds is 11. The monoisotopic (exact) mass is 592 g/mol. The molecule has 1 N–H and O–H groups in total. The van der Waals surface area contributed by atoms with Crippen LogP contribution in [-0.4, -0.2) is 67.9 Å². The van der Waals surface area contributed by atoms with Crippen molar-refractivity contribution in [2.75, 3.05) is 19.8 Å². The second kappa shape index (κ2) is 10.7. The summed E-state index contributed by atoms with van der Waals surface area (Å²) >= 11 is 0. The van der Waals surface area contributed by atoms with Crippen molar-refractivity contribution in [2.24, 2.45) is 29.1 Å². The van der Waals surface area contributed by atoms with Gasteiger partial charge in [-0.05, 0) is 56.8 Å². The third kappa shape index (κ3) is 6.87. The fourth-order valence-electron chi connectivity index (χ4n) is 5.07. The van der Waals surface area contributed by atoms with E-state index >= 15 is 0 Å². The average molecular weight is 592 g/mol. The fraction of sp³-hybridized carbons (Fsp3) is 0.905. The molecule has 0 radical (unpaired) electrons. The summed E-state index contributed by atoms with van der Waals surface area (Å²) < 4.78 is 151. The van der Waals surface area contributed by atoms with Crippen LogP contribution in [0.3, 0.4) is 0 Å². The first-order valence-electron chi connectivity index (χ1n) is 11.4. The summed E-state index contributed by atoms with van der Waals surface area (Å²) in [5, 5.41) is -4.60. The summed E-state index contributed by atoms with van der Waals surface area (Å²) in [4.78, 5) is 23.6. The van der Waals surface area contributed by atoms with Crippen LogP contribution in [0.1, 0.15) is 46.5 Å². The number of hydrogen-bond donors (Lipinski definition) is 1. The molecule has 17 heteroatoms. The molecule has 4 atom stereocenters. The third-order valence-corrected chi connectivity index (χ3v) is 7.90. The van der Waals surface area contributed by atoms with Gasteiger partial charge in [-0.1, -0.05) is 0 Å². The van der Waals surface area contributed by atoms with Crippen LogP contribution in [0, 0.1) is 29.1 Å². The van der Waals surface area contributed by atoms with Crippen LogP contribution >= 0.6 is 0 Å². The van der Waals surface area contributed by atoms with Gasteiger partial charge in [0.2, 0.25) is 0 Å². The molecule has 0 spiro atoms. The summed E-state index contributed by atoms with van der Waals surface area (Å²) in [5.74, 6) is -5.00. The van der Waals surface area contributed by atoms with Gasteiger partial charge in [0.1, 0.15) is 6.61 Å². The number of halogens is 8. The molecule has 4 unspecified atom stereocenters. The van der Waals surface area contributed by atoms with Crippen molar-refractivity contribution < 1.29 is 71.9 Å². The molecule has 2 bridgehead atoms. The lowest BCUT2D eigenvalue weighted by Gasteiger charge is -2.40. The van der Waals surface area contributed by atoms with Gasteiger partial charge in [0.05, 0.1) is 18.6 Å².